The Morgan fingerprint density at radius 1 is 1.11 bits per heavy atom. The molecule has 0 saturated carbocycles. The van der Waals surface area contributed by atoms with E-state index in [0.29, 0.717) is 17.4 Å². The van der Waals surface area contributed by atoms with E-state index < -0.39 is 17.5 Å². The fourth-order valence-electron chi connectivity index (χ4n) is 1.65. The highest BCUT2D eigenvalue weighted by atomic mass is 19.1. The van der Waals surface area contributed by atoms with Crippen molar-refractivity contribution in [1.82, 2.24) is 0 Å². The highest BCUT2D eigenvalue weighted by molar-refractivity contribution is 6.04. The minimum atomic E-state index is -0.797. The average Bonchev–Trinajstić information content (AvgIpc) is 2.32. The summed E-state index contributed by atoms with van der Waals surface area (Å²) in [4.78, 5) is 11.9. The molecule has 0 heterocycles. The molecular weight excluding hydrogens is 250 g/mol. The molecule has 3 N–H and O–H groups in total. The second-order valence-corrected chi connectivity index (χ2v) is 4.19. The summed E-state index contributed by atoms with van der Waals surface area (Å²) in [5.74, 6) is -2.18. The van der Waals surface area contributed by atoms with Gasteiger partial charge in [0.25, 0.3) is 5.91 Å². The first-order valence-corrected chi connectivity index (χ1v) is 5.59. The molecule has 0 saturated heterocycles. The van der Waals surface area contributed by atoms with Crippen molar-refractivity contribution in [1.29, 1.82) is 0 Å². The summed E-state index contributed by atoms with van der Waals surface area (Å²) in [5, 5.41) is 2.57. The SMILES string of the molecule is Cc1ccc(N)cc1NC(=O)c1cc(F)cc(F)c1. The van der Waals surface area contributed by atoms with Gasteiger partial charge in [-0.15, -0.1) is 0 Å². The monoisotopic (exact) mass is 262 g/mol. The van der Waals surface area contributed by atoms with Gasteiger partial charge in [-0.05, 0) is 36.8 Å². The highest BCUT2D eigenvalue weighted by Gasteiger charge is 2.10. The number of amides is 1. The molecule has 0 aliphatic heterocycles. The lowest BCUT2D eigenvalue weighted by Gasteiger charge is -2.09. The largest absolute Gasteiger partial charge is 0.399 e. The van der Waals surface area contributed by atoms with Gasteiger partial charge in [-0.3, -0.25) is 4.79 Å². The van der Waals surface area contributed by atoms with Crippen molar-refractivity contribution in [2.75, 3.05) is 11.1 Å². The number of carbonyl (C=O) groups excluding carboxylic acids is 1. The number of aryl methyl sites for hydroxylation is 1. The van der Waals surface area contributed by atoms with Gasteiger partial charge in [-0.25, -0.2) is 8.78 Å². The van der Waals surface area contributed by atoms with E-state index in [1.165, 1.54) is 0 Å². The first-order valence-electron chi connectivity index (χ1n) is 5.59. The van der Waals surface area contributed by atoms with Gasteiger partial charge in [-0.2, -0.15) is 0 Å². The number of hydrogen-bond acceptors (Lipinski definition) is 2. The molecule has 1 amide bonds. The number of nitrogens with one attached hydrogen (secondary N) is 1. The molecule has 0 fully saturated rings. The van der Waals surface area contributed by atoms with E-state index in [0.717, 1.165) is 17.7 Å². The fraction of sp³-hybridized carbons (Fsp3) is 0.0714. The van der Waals surface area contributed by atoms with Crippen molar-refractivity contribution < 1.29 is 13.6 Å². The summed E-state index contributed by atoms with van der Waals surface area (Å²) >= 11 is 0. The summed E-state index contributed by atoms with van der Waals surface area (Å²) in [5.41, 5.74) is 7.34. The Morgan fingerprint density at radius 2 is 1.74 bits per heavy atom. The van der Waals surface area contributed by atoms with Crippen LogP contribution in [0.5, 0.6) is 0 Å². The Morgan fingerprint density at radius 3 is 2.37 bits per heavy atom. The van der Waals surface area contributed by atoms with Crippen LogP contribution >= 0.6 is 0 Å². The Bertz CT molecular complexity index is 621. The summed E-state index contributed by atoms with van der Waals surface area (Å²) in [7, 11) is 0. The lowest BCUT2D eigenvalue weighted by Crippen LogP contribution is -2.13. The van der Waals surface area contributed by atoms with Crippen molar-refractivity contribution in [3.8, 4) is 0 Å². The van der Waals surface area contributed by atoms with Crippen molar-refractivity contribution in [2.45, 2.75) is 6.92 Å². The number of nitrogen functional groups attached to an aromatic ring is 1. The van der Waals surface area contributed by atoms with Gasteiger partial charge in [0.1, 0.15) is 11.6 Å². The number of nitrogens with two attached hydrogens (primary N) is 1. The quantitative estimate of drug-likeness (QED) is 0.817. The predicted octanol–water partition coefficient (Wildman–Crippen LogP) is 3.11. The molecule has 5 heteroatoms. The normalized spacial score (nSPS) is 10.3. The molecule has 2 rings (SSSR count). The van der Waals surface area contributed by atoms with Crippen molar-refractivity contribution in [2.24, 2.45) is 0 Å². The molecule has 2 aromatic rings. The Labute approximate surface area is 109 Å². The Hall–Kier alpha value is -2.43. The van der Waals surface area contributed by atoms with E-state index in [1.54, 1.807) is 25.1 Å². The standard InChI is InChI=1S/C14H12F2N2O/c1-8-2-3-12(17)7-13(8)18-14(19)9-4-10(15)6-11(16)5-9/h2-7H,17H2,1H3,(H,18,19). The molecule has 0 radical (unpaired) electrons. The van der Waals surface area contributed by atoms with Gasteiger partial charge in [0, 0.05) is 23.0 Å². The van der Waals surface area contributed by atoms with Crippen LogP contribution in [0.1, 0.15) is 15.9 Å². The van der Waals surface area contributed by atoms with Gasteiger partial charge in [0.2, 0.25) is 0 Å². The smallest absolute Gasteiger partial charge is 0.255 e. The highest BCUT2D eigenvalue weighted by Crippen LogP contribution is 2.19. The van der Waals surface area contributed by atoms with Crippen molar-refractivity contribution in [3.63, 3.8) is 0 Å². The molecule has 0 atom stereocenters. The van der Waals surface area contributed by atoms with Crippen LogP contribution in [0.3, 0.4) is 0 Å². The molecule has 98 valence electrons. The molecule has 3 nitrogen and oxygen atoms in total. The predicted molar refractivity (Wildman–Crippen MR) is 69.9 cm³/mol. The van der Waals surface area contributed by atoms with Gasteiger partial charge >= 0.3 is 0 Å². The molecule has 0 spiro atoms. The topological polar surface area (TPSA) is 55.1 Å². The van der Waals surface area contributed by atoms with E-state index >= 15 is 0 Å². The van der Waals surface area contributed by atoms with Crippen LogP contribution in [-0.4, -0.2) is 5.91 Å². The first-order chi connectivity index (χ1) is 8.95. The third-order valence-electron chi connectivity index (χ3n) is 2.63. The first kappa shape index (κ1) is 13.0. The van der Waals surface area contributed by atoms with E-state index in [2.05, 4.69) is 5.32 Å². The number of hydrogen-bond donors (Lipinski definition) is 2. The number of rotatable bonds is 2. The zero-order valence-electron chi connectivity index (χ0n) is 10.2. The van der Waals surface area contributed by atoms with Crippen LogP contribution in [0.4, 0.5) is 20.2 Å². The minimum Gasteiger partial charge on any atom is -0.399 e. The number of anilines is 2. The van der Waals surface area contributed by atoms with E-state index in [-0.39, 0.29) is 5.56 Å². The Kier molecular flexibility index (Phi) is 3.46. The number of halogens is 2. The fourth-order valence-corrected chi connectivity index (χ4v) is 1.65. The minimum absolute atomic E-state index is 0.0840. The Balaban J connectivity index is 2.28. The molecular formula is C14H12F2N2O. The lowest BCUT2D eigenvalue weighted by atomic mass is 10.1. The number of carbonyl (C=O) groups is 1. The van der Waals surface area contributed by atoms with Crippen molar-refractivity contribution >= 4 is 17.3 Å². The molecule has 0 aliphatic rings. The second kappa shape index (κ2) is 5.06. The molecule has 0 bridgehead atoms. The molecule has 0 unspecified atom stereocenters. The van der Waals surface area contributed by atoms with E-state index in [9.17, 15) is 13.6 Å². The van der Waals surface area contributed by atoms with Crippen LogP contribution in [0.15, 0.2) is 36.4 Å². The molecule has 0 aliphatic carbocycles. The zero-order valence-corrected chi connectivity index (χ0v) is 10.2. The van der Waals surface area contributed by atoms with Crippen LogP contribution in [-0.2, 0) is 0 Å². The van der Waals surface area contributed by atoms with E-state index in [4.69, 9.17) is 5.73 Å². The molecule has 0 aromatic heterocycles. The van der Waals surface area contributed by atoms with Crippen LogP contribution in [0.25, 0.3) is 0 Å². The second-order valence-electron chi connectivity index (χ2n) is 4.19. The molecule has 19 heavy (non-hydrogen) atoms. The third-order valence-corrected chi connectivity index (χ3v) is 2.63. The van der Waals surface area contributed by atoms with Gasteiger partial charge in [0.05, 0.1) is 0 Å². The maximum atomic E-state index is 13.0. The molecule has 2 aromatic carbocycles. The maximum Gasteiger partial charge on any atom is 0.255 e. The van der Waals surface area contributed by atoms with E-state index in [1.807, 2.05) is 0 Å². The third kappa shape index (κ3) is 3.07. The van der Waals surface area contributed by atoms with Crippen LogP contribution < -0.4 is 11.1 Å². The van der Waals surface area contributed by atoms with Crippen LogP contribution in [0.2, 0.25) is 0 Å². The number of benzene rings is 2. The van der Waals surface area contributed by atoms with Gasteiger partial charge in [0.15, 0.2) is 0 Å². The maximum absolute atomic E-state index is 13.0. The summed E-state index contributed by atoms with van der Waals surface area (Å²) in [6, 6.07) is 7.69. The van der Waals surface area contributed by atoms with Crippen molar-refractivity contribution in [3.05, 3.63) is 59.2 Å². The summed E-state index contributed by atoms with van der Waals surface area (Å²) in [6.45, 7) is 1.79. The average molecular weight is 262 g/mol. The van der Waals surface area contributed by atoms with Gasteiger partial charge in [-0.1, -0.05) is 6.07 Å². The zero-order chi connectivity index (χ0) is 14.0. The van der Waals surface area contributed by atoms with Crippen LogP contribution in [0, 0.1) is 18.6 Å². The summed E-state index contributed by atoms with van der Waals surface area (Å²) in [6.07, 6.45) is 0. The summed E-state index contributed by atoms with van der Waals surface area (Å²) < 4.78 is 26.1. The van der Waals surface area contributed by atoms with Gasteiger partial charge < -0.3 is 11.1 Å². The lowest BCUT2D eigenvalue weighted by molar-refractivity contribution is 0.102.